The van der Waals surface area contributed by atoms with Gasteiger partial charge in [0.1, 0.15) is 0 Å². The van der Waals surface area contributed by atoms with E-state index in [-0.39, 0.29) is 19.1 Å². The highest BCUT2D eigenvalue weighted by atomic mass is 16.7. The zero-order valence-corrected chi connectivity index (χ0v) is 13.5. The van der Waals surface area contributed by atoms with Gasteiger partial charge in [0, 0.05) is 18.1 Å². The molecular weight excluding hydrogens is 318 g/mol. The lowest BCUT2D eigenvalue weighted by Gasteiger charge is -2.08. The zero-order valence-electron chi connectivity index (χ0n) is 13.5. The Bertz CT molecular complexity index is 891. The number of carbonyl (C=O) groups excluding carboxylic acids is 1. The predicted octanol–water partition coefficient (Wildman–Crippen LogP) is 2.84. The van der Waals surface area contributed by atoms with Crippen molar-refractivity contribution in [3.05, 3.63) is 72.1 Å². The number of hydrogen-bond donors (Lipinski definition) is 1. The van der Waals surface area contributed by atoms with Crippen molar-refractivity contribution >= 4 is 11.6 Å². The largest absolute Gasteiger partial charge is 0.454 e. The van der Waals surface area contributed by atoms with E-state index in [2.05, 4.69) is 10.4 Å². The highest BCUT2D eigenvalue weighted by Crippen LogP contribution is 2.32. The second-order valence-electron chi connectivity index (χ2n) is 5.82. The Morgan fingerprint density at radius 2 is 2.00 bits per heavy atom. The van der Waals surface area contributed by atoms with E-state index >= 15 is 0 Å². The van der Waals surface area contributed by atoms with E-state index in [1.165, 1.54) is 0 Å². The molecule has 25 heavy (non-hydrogen) atoms. The maximum absolute atomic E-state index is 12.3. The smallest absolute Gasteiger partial charge is 0.231 e. The summed E-state index contributed by atoms with van der Waals surface area (Å²) in [5.41, 5.74) is 2.73. The van der Waals surface area contributed by atoms with Crippen molar-refractivity contribution in [2.45, 2.75) is 13.0 Å². The number of fused-ring (bicyclic) bond motifs is 1. The summed E-state index contributed by atoms with van der Waals surface area (Å²) in [6.07, 6.45) is 3.93. The van der Waals surface area contributed by atoms with E-state index < -0.39 is 0 Å². The highest BCUT2D eigenvalue weighted by Gasteiger charge is 2.14. The van der Waals surface area contributed by atoms with Crippen molar-refractivity contribution in [3.63, 3.8) is 0 Å². The van der Waals surface area contributed by atoms with E-state index in [9.17, 15) is 4.79 Å². The Labute approximate surface area is 145 Å². The number of carbonyl (C=O) groups is 1. The molecule has 1 aliphatic rings. The summed E-state index contributed by atoms with van der Waals surface area (Å²) >= 11 is 0. The van der Waals surface area contributed by atoms with Crippen LogP contribution in [0.4, 0.5) is 5.69 Å². The predicted molar refractivity (Wildman–Crippen MR) is 92.7 cm³/mol. The van der Waals surface area contributed by atoms with Crippen molar-refractivity contribution in [3.8, 4) is 11.5 Å². The molecule has 1 aliphatic heterocycles. The second kappa shape index (κ2) is 6.68. The molecule has 1 N–H and O–H groups in total. The standard InChI is InChI=1S/C19H17N3O3/c23-19(11-14-5-6-17-18(10-14)25-13-24-17)21-16-4-1-3-15(9-16)12-22-8-2-7-20-22/h1-10H,11-13H2,(H,21,23). The average molecular weight is 335 g/mol. The van der Waals surface area contributed by atoms with Gasteiger partial charge < -0.3 is 14.8 Å². The van der Waals surface area contributed by atoms with Gasteiger partial charge in [-0.25, -0.2) is 0 Å². The maximum atomic E-state index is 12.3. The molecule has 4 rings (SSSR count). The first-order chi connectivity index (χ1) is 12.3. The molecule has 2 heterocycles. The molecule has 0 radical (unpaired) electrons. The van der Waals surface area contributed by atoms with Crippen molar-refractivity contribution in [2.24, 2.45) is 0 Å². The Balaban J connectivity index is 1.40. The van der Waals surface area contributed by atoms with Crippen molar-refractivity contribution in [1.82, 2.24) is 9.78 Å². The zero-order chi connectivity index (χ0) is 17.1. The third kappa shape index (κ3) is 3.63. The quantitative estimate of drug-likeness (QED) is 0.779. The van der Waals surface area contributed by atoms with Gasteiger partial charge in [-0.05, 0) is 41.5 Å². The fourth-order valence-corrected chi connectivity index (χ4v) is 2.77. The molecule has 0 spiro atoms. The molecule has 6 heteroatoms. The van der Waals surface area contributed by atoms with Gasteiger partial charge in [0.15, 0.2) is 11.5 Å². The molecule has 0 saturated carbocycles. The Hall–Kier alpha value is -3.28. The van der Waals surface area contributed by atoms with Crippen LogP contribution >= 0.6 is 0 Å². The van der Waals surface area contributed by atoms with Gasteiger partial charge in [0.2, 0.25) is 12.7 Å². The number of anilines is 1. The normalized spacial score (nSPS) is 12.2. The van der Waals surface area contributed by atoms with Gasteiger partial charge in [-0.2, -0.15) is 5.10 Å². The molecule has 0 fully saturated rings. The van der Waals surface area contributed by atoms with Crippen LogP contribution in [0, 0.1) is 0 Å². The molecule has 1 aromatic heterocycles. The van der Waals surface area contributed by atoms with Gasteiger partial charge in [-0.1, -0.05) is 18.2 Å². The molecule has 126 valence electrons. The number of rotatable bonds is 5. The lowest BCUT2D eigenvalue weighted by Crippen LogP contribution is -2.14. The SMILES string of the molecule is O=C(Cc1ccc2c(c1)OCO2)Nc1cccc(Cn2cccn2)c1. The van der Waals surface area contributed by atoms with Crippen LogP contribution < -0.4 is 14.8 Å². The molecule has 0 aliphatic carbocycles. The summed E-state index contributed by atoms with van der Waals surface area (Å²) in [4.78, 5) is 12.3. The van der Waals surface area contributed by atoms with Gasteiger partial charge in [-0.3, -0.25) is 9.48 Å². The molecule has 3 aromatic rings. The Morgan fingerprint density at radius 1 is 1.08 bits per heavy atom. The number of amides is 1. The van der Waals surface area contributed by atoms with E-state index in [4.69, 9.17) is 9.47 Å². The van der Waals surface area contributed by atoms with E-state index in [1.54, 1.807) is 6.20 Å². The minimum Gasteiger partial charge on any atom is -0.454 e. The minimum absolute atomic E-state index is 0.0740. The fraction of sp³-hybridized carbons (Fsp3) is 0.158. The first-order valence-electron chi connectivity index (χ1n) is 8.01. The number of nitrogens with zero attached hydrogens (tertiary/aromatic N) is 2. The lowest BCUT2D eigenvalue weighted by atomic mass is 10.1. The topological polar surface area (TPSA) is 65.4 Å². The lowest BCUT2D eigenvalue weighted by molar-refractivity contribution is -0.115. The summed E-state index contributed by atoms with van der Waals surface area (Å²) < 4.78 is 12.5. The number of hydrogen-bond acceptors (Lipinski definition) is 4. The van der Waals surface area contributed by atoms with Crippen molar-refractivity contribution in [1.29, 1.82) is 0 Å². The third-order valence-electron chi connectivity index (χ3n) is 3.92. The molecule has 2 aromatic carbocycles. The summed E-state index contributed by atoms with van der Waals surface area (Å²) in [7, 11) is 0. The molecule has 1 amide bonds. The summed E-state index contributed by atoms with van der Waals surface area (Å²) in [5.74, 6) is 1.33. The van der Waals surface area contributed by atoms with E-state index in [0.29, 0.717) is 12.3 Å². The molecule has 0 bridgehead atoms. The number of ether oxygens (including phenoxy) is 2. The minimum atomic E-state index is -0.0740. The summed E-state index contributed by atoms with van der Waals surface area (Å²) in [6.45, 7) is 0.896. The van der Waals surface area contributed by atoms with Gasteiger partial charge >= 0.3 is 0 Å². The molecule has 0 atom stereocenters. The average Bonchev–Trinajstić information content (AvgIpc) is 3.26. The molecule has 0 unspecified atom stereocenters. The Kier molecular flexibility index (Phi) is 4.08. The number of benzene rings is 2. The first-order valence-corrected chi connectivity index (χ1v) is 8.01. The number of aromatic nitrogens is 2. The fourth-order valence-electron chi connectivity index (χ4n) is 2.77. The van der Waals surface area contributed by atoms with Gasteiger partial charge in [0.25, 0.3) is 0 Å². The Morgan fingerprint density at radius 3 is 2.88 bits per heavy atom. The van der Waals surface area contributed by atoms with Crippen LogP contribution in [0.25, 0.3) is 0 Å². The van der Waals surface area contributed by atoms with Crippen LogP contribution in [-0.2, 0) is 17.8 Å². The molecule has 6 nitrogen and oxygen atoms in total. The summed E-state index contributed by atoms with van der Waals surface area (Å²) in [5, 5.41) is 7.13. The first kappa shape index (κ1) is 15.3. The van der Waals surface area contributed by atoms with Crippen LogP contribution in [0.1, 0.15) is 11.1 Å². The number of nitrogens with one attached hydrogen (secondary N) is 1. The highest BCUT2D eigenvalue weighted by molar-refractivity contribution is 5.92. The van der Waals surface area contributed by atoms with Crippen LogP contribution in [0.2, 0.25) is 0 Å². The van der Waals surface area contributed by atoms with Crippen LogP contribution in [0.15, 0.2) is 60.9 Å². The van der Waals surface area contributed by atoms with Gasteiger partial charge in [-0.15, -0.1) is 0 Å². The van der Waals surface area contributed by atoms with E-state index in [0.717, 1.165) is 22.6 Å². The molecular formula is C19H17N3O3. The second-order valence-corrected chi connectivity index (χ2v) is 5.82. The summed E-state index contributed by atoms with van der Waals surface area (Å²) in [6, 6.07) is 15.2. The van der Waals surface area contributed by atoms with Crippen LogP contribution in [-0.4, -0.2) is 22.5 Å². The van der Waals surface area contributed by atoms with E-state index in [1.807, 2.05) is 59.4 Å². The third-order valence-corrected chi connectivity index (χ3v) is 3.92. The maximum Gasteiger partial charge on any atom is 0.231 e. The molecule has 0 saturated heterocycles. The van der Waals surface area contributed by atoms with Crippen LogP contribution in [0.3, 0.4) is 0 Å². The van der Waals surface area contributed by atoms with Gasteiger partial charge in [0.05, 0.1) is 13.0 Å². The van der Waals surface area contributed by atoms with Crippen molar-refractivity contribution < 1.29 is 14.3 Å². The van der Waals surface area contributed by atoms with Crippen LogP contribution in [0.5, 0.6) is 11.5 Å². The monoisotopic (exact) mass is 335 g/mol. The van der Waals surface area contributed by atoms with Crippen molar-refractivity contribution in [2.75, 3.05) is 12.1 Å².